The van der Waals surface area contributed by atoms with Crippen molar-refractivity contribution in [1.82, 2.24) is 10.2 Å². The van der Waals surface area contributed by atoms with Gasteiger partial charge in [0.15, 0.2) is 0 Å². The van der Waals surface area contributed by atoms with Gasteiger partial charge in [-0.15, -0.1) is 0 Å². The molecule has 0 saturated carbocycles. The summed E-state index contributed by atoms with van der Waals surface area (Å²) in [5, 5.41) is 13.1. The monoisotopic (exact) mass is 270 g/mol. The van der Waals surface area contributed by atoms with Crippen LogP contribution in [0, 0.1) is 0 Å². The first-order valence-electron chi connectivity index (χ1n) is 8.43. The van der Waals surface area contributed by atoms with E-state index in [1.807, 2.05) is 6.92 Å². The standard InChI is InChI=1S/C16H34N2O/c1-3-4-5-6-7-8-9-10-11-12-16-17-13-14-18(16)15(2)19/h15-17,19H,3-14H2,1-2H3. The Bertz CT molecular complexity index is 209. The molecule has 0 aromatic rings. The van der Waals surface area contributed by atoms with E-state index in [4.69, 9.17) is 0 Å². The fourth-order valence-corrected chi connectivity index (χ4v) is 3.00. The Morgan fingerprint density at radius 1 is 1.05 bits per heavy atom. The number of nitrogens with one attached hydrogen (secondary N) is 1. The van der Waals surface area contributed by atoms with Gasteiger partial charge in [-0.3, -0.25) is 4.90 Å². The van der Waals surface area contributed by atoms with Crippen molar-refractivity contribution in [3.63, 3.8) is 0 Å². The van der Waals surface area contributed by atoms with Crippen molar-refractivity contribution in [1.29, 1.82) is 0 Å². The summed E-state index contributed by atoms with van der Waals surface area (Å²) in [6.07, 6.45) is 13.7. The Morgan fingerprint density at radius 2 is 1.63 bits per heavy atom. The third kappa shape index (κ3) is 7.28. The van der Waals surface area contributed by atoms with Gasteiger partial charge in [0.05, 0.1) is 6.17 Å². The SMILES string of the molecule is CCCCCCCCCCCC1NCCN1C(C)O. The van der Waals surface area contributed by atoms with E-state index < -0.39 is 0 Å². The molecule has 0 aromatic heterocycles. The van der Waals surface area contributed by atoms with Gasteiger partial charge in [-0.1, -0.05) is 64.7 Å². The van der Waals surface area contributed by atoms with Gasteiger partial charge in [0.2, 0.25) is 0 Å². The van der Waals surface area contributed by atoms with Crippen LogP contribution in [0.3, 0.4) is 0 Å². The van der Waals surface area contributed by atoms with Crippen molar-refractivity contribution in [2.24, 2.45) is 0 Å². The zero-order chi connectivity index (χ0) is 13.9. The molecular formula is C16H34N2O. The van der Waals surface area contributed by atoms with Gasteiger partial charge >= 0.3 is 0 Å². The first kappa shape index (κ1) is 16.9. The van der Waals surface area contributed by atoms with Gasteiger partial charge in [0.1, 0.15) is 6.23 Å². The molecule has 1 aliphatic rings. The Hall–Kier alpha value is -0.120. The number of hydrogen-bond donors (Lipinski definition) is 2. The van der Waals surface area contributed by atoms with Crippen LogP contribution in [0.1, 0.15) is 78.1 Å². The van der Waals surface area contributed by atoms with Gasteiger partial charge in [-0.05, 0) is 13.3 Å². The fraction of sp³-hybridized carbons (Fsp3) is 1.00. The van der Waals surface area contributed by atoms with Gasteiger partial charge in [-0.25, -0.2) is 0 Å². The Kier molecular flexibility index (Phi) is 9.48. The molecule has 0 aromatic carbocycles. The van der Waals surface area contributed by atoms with Crippen LogP contribution in [-0.4, -0.2) is 35.5 Å². The molecule has 1 aliphatic heterocycles. The maximum absolute atomic E-state index is 9.65. The maximum Gasteiger partial charge on any atom is 0.105 e. The van der Waals surface area contributed by atoms with Crippen LogP contribution >= 0.6 is 0 Å². The molecule has 0 bridgehead atoms. The first-order valence-corrected chi connectivity index (χ1v) is 8.43. The highest BCUT2D eigenvalue weighted by molar-refractivity contribution is 4.78. The van der Waals surface area contributed by atoms with Crippen molar-refractivity contribution in [2.75, 3.05) is 13.1 Å². The Labute approximate surface area is 119 Å². The third-order valence-electron chi connectivity index (χ3n) is 4.21. The van der Waals surface area contributed by atoms with Crippen LogP contribution < -0.4 is 5.32 Å². The van der Waals surface area contributed by atoms with Gasteiger partial charge in [-0.2, -0.15) is 0 Å². The highest BCUT2D eigenvalue weighted by Gasteiger charge is 2.25. The summed E-state index contributed by atoms with van der Waals surface area (Å²) in [5.41, 5.74) is 0. The van der Waals surface area contributed by atoms with E-state index in [-0.39, 0.29) is 6.23 Å². The van der Waals surface area contributed by atoms with Crippen LogP contribution in [0.25, 0.3) is 0 Å². The first-order chi connectivity index (χ1) is 9.25. The topological polar surface area (TPSA) is 35.5 Å². The van der Waals surface area contributed by atoms with Crippen molar-refractivity contribution in [3.05, 3.63) is 0 Å². The molecule has 0 radical (unpaired) electrons. The molecule has 1 rings (SSSR count). The minimum Gasteiger partial charge on any atom is -0.379 e. The smallest absolute Gasteiger partial charge is 0.105 e. The average molecular weight is 270 g/mol. The second-order valence-electron chi connectivity index (χ2n) is 5.96. The Morgan fingerprint density at radius 3 is 2.21 bits per heavy atom. The largest absolute Gasteiger partial charge is 0.379 e. The summed E-state index contributed by atoms with van der Waals surface area (Å²) in [4.78, 5) is 2.17. The lowest BCUT2D eigenvalue weighted by molar-refractivity contribution is 0.00403. The summed E-state index contributed by atoms with van der Waals surface area (Å²) < 4.78 is 0. The molecule has 1 saturated heterocycles. The van der Waals surface area contributed by atoms with Crippen LogP contribution in [0.4, 0.5) is 0 Å². The molecule has 1 heterocycles. The van der Waals surface area contributed by atoms with E-state index in [0.29, 0.717) is 6.17 Å². The molecule has 2 atom stereocenters. The maximum atomic E-state index is 9.65. The zero-order valence-corrected chi connectivity index (χ0v) is 13.0. The summed E-state index contributed by atoms with van der Waals surface area (Å²) >= 11 is 0. The molecule has 0 aliphatic carbocycles. The summed E-state index contributed by atoms with van der Waals surface area (Å²) in [7, 11) is 0. The van der Waals surface area contributed by atoms with E-state index in [1.165, 1.54) is 64.2 Å². The number of nitrogens with zero attached hydrogens (tertiary/aromatic N) is 1. The fourth-order valence-electron chi connectivity index (χ4n) is 3.00. The van der Waals surface area contributed by atoms with E-state index in [9.17, 15) is 5.11 Å². The number of unbranched alkanes of at least 4 members (excludes halogenated alkanes) is 8. The second-order valence-corrected chi connectivity index (χ2v) is 5.96. The lowest BCUT2D eigenvalue weighted by Gasteiger charge is -2.26. The molecule has 0 amide bonds. The number of hydrogen-bond acceptors (Lipinski definition) is 3. The molecular weight excluding hydrogens is 236 g/mol. The van der Waals surface area contributed by atoms with E-state index >= 15 is 0 Å². The quantitative estimate of drug-likeness (QED) is 0.564. The van der Waals surface area contributed by atoms with E-state index in [0.717, 1.165) is 13.1 Å². The Balaban J connectivity index is 1.90. The van der Waals surface area contributed by atoms with Gasteiger partial charge in [0.25, 0.3) is 0 Å². The summed E-state index contributed by atoms with van der Waals surface area (Å²) in [6.45, 7) is 6.15. The summed E-state index contributed by atoms with van der Waals surface area (Å²) in [6, 6.07) is 0. The third-order valence-corrected chi connectivity index (χ3v) is 4.21. The highest BCUT2D eigenvalue weighted by atomic mass is 16.3. The van der Waals surface area contributed by atoms with Gasteiger partial charge in [0, 0.05) is 13.1 Å². The molecule has 0 spiro atoms. The highest BCUT2D eigenvalue weighted by Crippen LogP contribution is 2.15. The molecule has 3 nitrogen and oxygen atoms in total. The van der Waals surface area contributed by atoms with Crippen molar-refractivity contribution in [2.45, 2.75) is 90.4 Å². The van der Waals surface area contributed by atoms with Crippen molar-refractivity contribution < 1.29 is 5.11 Å². The summed E-state index contributed by atoms with van der Waals surface area (Å²) in [5.74, 6) is 0. The second kappa shape index (κ2) is 10.6. The van der Waals surface area contributed by atoms with Crippen LogP contribution in [0.15, 0.2) is 0 Å². The van der Waals surface area contributed by atoms with Crippen molar-refractivity contribution in [3.8, 4) is 0 Å². The van der Waals surface area contributed by atoms with Crippen LogP contribution in [0.2, 0.25) is 0 Å². The predicted molar refractivity (Wildman–Crippen MR) is 82.0 cm³/mol. The number of aliphatic hydroxyl groups excluding tert-OH is 1. The lowest BCUT2D eigenvalue weighted by atomic mass is 10.1. The van der Waals surface area contributed by atoms with Crippen LogP contribution in [0.5, 0.6) is 0 Å². The number of aliphatic hydroxyl groups is 1. The van der Waals surface area contributed by atoms with E-state index in [1.54, 1.807) is 0 Å². The average Bonchev–Trinajstić information content (AvgIpc) is 2.85. The zero-order valence-electron chi connectivity index (χ0n) is 13.0. The van der Waals surface area contributed by atoms with E-state index in [2.05, 4.69) is 17.1 Å². The number of rotatable bonds is 11. The molecule has 1 fully saturated rings. The minimum atomic E-state index is -0.307. The molecule has 19 heavy (non-hydrogen) atoms. The lowest BCUT2D eigenvalue weighted by Crippen LogP contribution is -2.41. The predicted octanol–water partition coefficient (Wildman–Crippen LogP) is 3.48. The van der Waals surface area contributed by atoms with Crippen LogP contribution in [-0.2, 0) is 0 Å². The minimum absolute atomic E-state index is 0.307. The van der Waals surface area contributed by atoms with Crippen molar-refractivity contribution >= 4 is 0 Å². The van der Waals surface area contributed by atoms with Gasteiger partial charge < -0.3 is 10.4 Å². The molecule has 2 N–H and O–H groups in total. The molecule has 2 unspecified atom stereocenters. The molecule has 114 valence electrons. The molecule has 3 heteroatoms. The normalized spacial score (nSPS) is 21.9.